The number of anilines is 3. The topological polar surface area (TPSA) is 58.2 Å². The maximum absolute atomic E-state index is 12.3. The van der Waals surface area contributed by atoms with E-state index in [2.05, 4.69) is 54.5 Å². The average molecular weight is 409 g/mol. The van der Waals surface area contributed by atoms with Crippen molar-refractivity contribution in [3.05, 3.63) is 123 Å². The molecular weight excluding hydrogens is 384 g/mol. The Morgan fingerprint density at radius 1 is 0.806 bits per heavy atom. The van der Waals surface area contributed by atoms with Crippen molar-refractivity contribution >= 4 is 17.1 Å². The molecule has 0 spiro atoms. The summed E-state index contributed by atoms with van der Waals surface area (Å²) in [6.07, 6.45) is 0. The second-order valence-electron chi connectivity index (χ2n) is 7.81. The number of benzene rings is 3. The molecule has 1 unspecified atom stereocenters. The van der Waals surface area contributed by atoms with E-state index >= 15 is 0 Å². The fourth-order valence-corrected chi connectivity index (χ4v) is 3.64. The third-order valence-electron chi connectivity index (χ3n) is 5.33. The van der Waals surface area contributed by atoms with Gasteiger partial charge in [0.05, 0.1) is 6.04 Å². The number of hydrogen-bond acceptors (Lipinski definition) is 4. The molecule has 0 aliphatic rings. The Kier molecular flexibility index (Phi) is 5.54. The van der Waals surface area contributed by atoms with E-state index in [9.17, 15) is 9.59 Å². The molecule has 0 amide bonds. The molecule has 4 nitrogen and oxygen atoms in total. The van der Waals surface area contributed by atoms with E-state index in [1.807, 2.05) is 55.5 Å². The fourth-order valence-electron chi connectivity index (χ4n) is 3.64. The minimum atomic E-state index is -0.513. The standard InChI is InChI=1S/C27H24N2O2/c1-17(2)23(20-14-12-19(13-15-20)21-9-7-8-18(3)16-21)29-25-24(26(30)27(25)31)28-22-10-5-4-6-11-22/h4-16,23,28-29H,1H2,2-3H3. The quantitative estimate of drug-likeness (QED) is 0.303. The minimum absolute atomic E-state index is 0.286. The zero-order valence-corrected chi connectivity index (χ0v) is 17.6. The average Bonchev–Trinajstić information content (AvgIpc) is 2.79. The van der Waals surface area contributed by atoms with Gasteiger partial charge in [0, 0.05) is 5.69 Å². The second kappa shape index (κ2) is 8.44. The third kappa shape index (κ3) is 4.19. The molecule has 0 aromatic heterocycles. The highest BCUT2D eigenvalue weighted by molar-refractivity contribution is 5.79. The van der Waals surface area contributed by atoms with Gasteiger partial charge in [-0.2, -0.15) is 0 Å². The van der Waals surface area contributed by atoms with Crippen LogP contribution in [0.25, 0.3) is 11.1 Å². The number of hydrogen-bond donors (Lipinski definition) is 2. The summed E-state index contributed by atoms with van der Waals surface area (Å²) in [5, 5.41) is 6.29. The van der Waals surface area contributed by atoms with Crippen LogP contribution in [-0.2, 0) is 0 Å². The predicted octanol–water partition coefficient (Wildman–Crippen LogP) is 5.73. The summed E-state index contributed by atoms with van der Waals surface area (Å²) in [6, 6.07) is 25.6. The van der Waals surface area contributed by atoms with Crippen LogP contribution >= 0.6 is 0 Å². The Hall–Kier alpha value is -3.92. The van der Waals surface area contributed by atoms with Crippen molar-refractivity contribution in [3.8, 4) is 11.1 Å². The maximum Gasteiger partial charge on any atom is 0.253 e. The van der Waals surface area contributed by atoms with Crippen molar-refractivity contribution in [2.45, 2.75) is 19.9 Å². The molecule has 4 aromatic rings. The molecule has 4 heteroatoms. The van der Waals surface area contributed by atoms with Crippen LogP contribution < -0.4 is 21.5 Å². The first-order valence-corrected chi connectivity index (χ1v) is 10.2. The van der Waals surface area contributed by atoms with Crippen molar-refractivity contribution < 1.29 is 0 Å². The van der Waals surface area contributed by atoms with Crippen LogP contribution in [0.5, 0.6) is 0 Å². The van der Waals surface area contributed by atoms with Gasteiger partial charge in [0.15, 0.2) is 0 Å². The van der Waals surface area contributed by atoms with E-state index in [0.717, 1.165) is 28.0 Å². The van der Waals surface area contributed by atoms with Gasteiger partial charge in [-0.15, -0.1) is 0 Å². The van der Waals surface area contributed by atoms with Gasteiger partial charge >= 0.3 is 0 Å². The summed E-state index contributed by atoms with van der Waals surface area (Å²) in [7, 11) is 0. The number of nitrogens with one attached hydrogen (secondary N) is 2. The van der Waals surface area contributed by atoms with Gasteiger partial charge in [0.2, 0.25) is 0 Å². The van der Waals surface area contributed by atoms with Gasteiger partial charge in [0.1, 0.15) is 11.4 Å². The molecule has 0 heterocycles. The van der Waals surface area contributed by atoms with Crippen LogP contribution in [0.15, 0.2) is 101 Å². The van der Waals surface area contributed by atoms with Crippen molar-refractivity contribution in [3.63, 3.8) is 0 Å². The molecule has 154 valence electrons. The van der Waals surface area contributed by atoms with Gasteiger partial charge in [-0.1, -0.05) is 84.4 Å². The monoisotopic (exact) mass is 408 g/mol. The molecular formula is C27H24N2O2. The van der Waals surface area contributed by atoms with Crippen LogP contribution in [0, 0.1) is 6.92 Å². The number of rotatable bonds is 7. The van der Waals surface area contributed by atoms with Gasteiger partial charge in [-0.25, -0.2) is 0 Å². The first-order valence-electron chi connectivity index (χ1n) is 10.2. The second-order valence-corrected chi connectivity index (χ2v) is 7.81. The van der Waals surface area contributed by atoms with Crippen LogP contribution in [0.1, 0.15) is 24.1 Å². The molecule has 0 fully saturated rings. The fraction of sp³-hybridized carbons (Fsp3) is 0.111. The highest BCUT2D eigenvalue weighted by Crippen LogP contribution is 2.30. The zero-order chi connectivity index (χ0) is 22.0. The zero-order valence-electron chi connectivity index (χ0n) is 17.6. The Morgan fingerprint density at radius 3 is 2.13 bits per heavy atom. The lowest BCUT2D eigenvalue weighted by Gasteiger charge is -2.23. The lowest BCUT2D eigenvalue weighted by Crippen LogP contribution is -2.37. The van der Waals surface area contributed by atoms with E-state index in [-0.39, 0.29) is 6.04 Å². The lowest BCUT2D eigenvalue weighted by atomic mass is 9.96. The largest absolute Gasteiger partial charge is 0.369 e. The van der Waals surface area contributed by atoms with E-state index in [4.69, 9.17) is 0 Å². The first kappa shape index (κ1) is 20.4. The SMILES string of the molecule is C=C(C)C(Nc1c(Nc2ccccc2)c(=O)c1=O)c1ccc(-c2cccc(C)c2)cc1. The third-order valence-corrected chi connectivity index (χ3v) is 5.33. The molecule has 0 saturated heterocycles. The predicted molar refractivity (Wildman–Crippen MR) is 129 cm³/mol. The minimum Gasteiger partial charge on any atom is -0.369 e. The first-order chi connectivity index (χ1) is 14.9. The maximum atomic E-state index is 12.3. The number of aryl methyl sites for hydroxylation is 1. The molecule has 4 rings (SSSR count). The molecule has 31 heavy (non-hydrogen) atoms. The van der Waals surface area contributed by atoms with Gasteiger partial charge in [0.25, 0.3) is 10.9 Å². The van der Waals surface area contributed by atoms with E-state index in [1.165, 1.54) is 5.56 Å². The van der Waals surface area contributed by atoms with Crippen LogP contribution in [0.4, 0.5) is 17.1 Å². The molecule has 4 aromatic carbocycles. The molecule has 0 aliphatic heterocycles. The van der Waals surface area contributed by atoms with Gasteiger partial charge in [-0.3, -0.25) is 9.59 Å². The highest BCUT2D eigenvalue weighted by atomic mass is 16.2. The molecule has 0 saturated carbocycles. The molecule has 2 N–H and O–H groups in total. The van der Waals surface area contributed by atoms with E-state index in [1.54, 1.807) is 0 Å². The summed E-state index contributed by atoms with van der Waals surface area (Å²) in [6.45, 7) is 8.07. The van der Waals surface area contributed by atoms with Gasteiger partial charge in [-0.05, 0) is 42.7 Å². The highest BCUT2D eigenvalue weighted by Gasteiger charge is 2.24. The van der Waals surface area contributed by atoms with Crippen molar-refractivity contribution in [2.24, 2.45) is 0 Å². The van der Waals surface area contributed by atoms with Crippen LogP contribution in [0.3, 0.4) is 0 Å². The Balaban J connectivity index is 1.60. The van der Waals surface area contributed by atoms with Crippen molar-refractivity contribution in [1.29, 1.82) is 0 Å². The van der Waals surface area contributed by atoms with Crippen LogP contribution in [0.2, 0.25) is 0 Å². The summed E-state index contributed by atoms with van der Waals surface area (Å²) < 4.78 is 0. The molecule has 0 aliphatic carbocycles. The smallest absolute Gasteiger partial charge is 0.253 e. The number of para-hydroxylation sites is 1. The summed E-state index contributed by atoms with van der Waals surface area (Å²) in [5.74, 6) is 0. The summed E-state index contributed by atoms with van der Waals surface area (Å²) in [4.78, 5) is 24.4. The van der Waals surface area contributed by atoms with Crippen molar-refractivity contribution in [1.82, 2.24) is 0 Å². The van der Waals surface area contributed by atoms with E-state index < -0.39 is 10.9 Å². The Bertz CT molecular complexity index is 1300. The Morgan fingerprint density at radius 2 is 1.48 bits per heavy atom. The lowest BCUT2D eigenvalue weighted by molar-refractivity contribution is 0.910. The molecule has 0 radical (unpaired) electrons. The molecule has 0 bridgehead atoms. The van der Waals surface area contributed by atoms with Gasteiger partial charge < -0.3 is 10.6 Å². The summed E-state index contributed by atoms with van der Waals surface area (Å²) >= 11 is 0. The van der Waals surface area contributed by atoms with Crippen molar-refractivity contribution in [2.75, 3.05) is 10.6 Å². The Labute approximate surface area is 181 Å². The summed E-state index contributed by atoms with van der Waals surface area (Å²) in [5.41, 5.74) is 5.63. The van der Waals surface area contributed by atoms with Crippen LogP contribution in [-0.4, -0.2) is 0 Å². The normalized spacial score (nSPS) is 11.8. The van der Waals surface area contributed by atoms with E-state index in [0.29, 0.717) is 11.4 Å². The molecule has 1 atom stereocenters.